The van der Waals surface area contributed by atoms with Crippen LogP contribution in [0.2, 0.25) is 5.02 Å². The highest BCUT2D eigenvalue weighted by atomic mass is 35.5. The highest BCUT2D eigenvalue weighted by Crippen LogP contribution is 2.27. The highest BCUT2D eigenvalue weighted by Gasteiger charge is 2.09. The molecular formula is C20H20ClN3O2. The van der Waals surface area contributed by atoms with Gasteiger partial charge in [0.2, 0.25) is 0 Å². The number of hydrogen-bond donors (Lipinski definition) is 2. The molecule has 0 unspecified atom stereocenters. The topological polar surface area (TPSA) is 63.2 Å². The second kappa shape index (κ2) is 8.06. The maximum Gasteiger partial charge on any atom is 0.319 e. The molecule has 0 aliphatic heterocycles. The van der Waals surface area contributed by atoms with Crippen LogP contribution in [-0.2, 0) is 0 Å². The minimum Gasteiger partial charge on any atom is -0.492 e. The number of urea groups is 1. The molecule has 0 fully saturated rings. The first-order valence-corrected chi connectivity index (χ1v) is 8.70. The molecule has 5 nitrogen and oxygen atoms in total. The molecule has 2 N–H and O–H groups in total. The van der Waals surface area contributed by atoms with Crippen molar-refractivity contribution in [2.24, 2.45) is 0 Å². The monoisotopic (exact) mass is 369 g/mol. The number of aromatic nitrogens is 1. The lowest BCUT2D eigenvalue weighted by atomic mass is 10.1. The van der Waals surface area contributed by atoms with E-state index in [1.807, 2.05) is 56.3 Å². The minimum absolute atomic E-state index is 0.315. The van der Waals surface area contributed by atoms with Gasteiger partial charge < -0.3 is 15.4 Å². The SMILES string of the molecule is Cc1cc(C)c(NC(=O)NCCOc2ccc3ncccc3c2)c(Cl)c1. The molecule has 0 aliphatic carbocycles. The van der Waals surface area contributed by atoms with E-state index in [9.17, 15) is 4.79 Å². The van der Waals surface area contributed by atoms with E-state index in [1.54, 1.807) is 6.20 Å². The standard InChI is InChI=1S/C20H20ClN3O2/c1-13-10-14(2)19(17(21)11-13)24-20(25)23-8-9-26-16-5-6-18-15(12-16)4-3-7-22-18/h3-7,10-12H,8-9H2,1-2H3,(H2,23,24,25). The summed E-state index contributed by atoms with van der Waals surface area (Å²) in [4.78, 5) is 16.3. The fraction of sp³-hybridized carbons (Fsp3) is 0.200. The van der Waals surface area contributed by atoms with E-state index in [1.165, 1.54) is 0 Å². The number of ether oxygens (including phenoxy) is 1. The average Bonchev–Trinajstić information content (AvgIpc) is 2.61. The van der Waals surface area contributed by atoms with Crippen LogP contribution in [0.4, 0.5) is 10.5 Å². The molecule has 3 rings (SSSR count). The molecule has 0 saturated heterocycles. The molecule has 134 valence electrons. The van der Waals surface area contributed by atoms with Crippen molar-refractivity contribution in [2.75, 3.05) is 18.5 Å². The van der Waals surface area contributed by atoms with E-state index >= 15 is 0 Å². The van der Waals surface area contributed by atoms with Crippen molar-refractivity contribution in [3.05, 3.63) is 64.8 Å². The Morgan fingerprint density at radius 3 is 2.85 bits per heavy atom. The van der Waals surface area contributed by atoms with Gasteiger partial charge in [0, 0.05) is 11.6 Å². The Morgan fingerprint density at radius 1 is 1.19 bits per heavy atom. The summed E-state index contributed by atoms with van der Waals surface area (Å²) in [5.41, 5.74) is 3.52. The number of carbonyl (C=O) groups is 1. The van der Waals surface area contributed by atoms with E-state index in [4.69, 9.17) is 16.3 Å². The molecule has 6 heteroatoms. The zero-order chi connectivity index (χ0) is 18.5. The van der Waals surface area contributed by atoms with Gasteiger partial charge in [0.1, 0.15) is 12.4 Å². The Balaban J connectivity index is 1.49. The number of anilines is 1. The summed E-state index contributed by atoms with van der Waals surface area (Å²) in [5.74, 6) is 0.741. The Labute approximate surface area is 157 Å². The minimum atomic E-state index is -0.315. The van der Waals surface area contributed by atoms with Crippen molar-refractivity contribution in [3.63, 3.8) is 0 Å². The predicted octanol–water partition coefficient (Wildman–Crippen LogP) is 4.71. The van der Waals surface area contributed by atoms with Gasteiger partial charge in [0.15, 0.2) is 0 Å². The van der Waals surface area contributed by atoms with Crippen molar-refractivity contribution < 1.29 is 9.53 Å². The van der Waals surface area contributed by atoms with Crippen molar-refractivity contribution in [3.8, 4) is 5.75 Å². The van der Waals surface area contributed by atoms with Gasteiger partial charge in [-0.25, -0.2) is 4.79 Å². The summed E-state index contributed by atoms with van der Waals surface area (Å²) in [5, 5.41) is 7.08. The molecule has 0 saturated carbocycles. The van der Waals surface area contributed by atoms with Crippen LogP contribution >= 0.6 is 11.6 Å². The number of hydrogen-bond acceptors (Lipinski definition) is 3. The van der Waals surface area contributed by atoms with Crippen LogP contribution in [0.5, 0.6) is 5.75 Å². The Morgan fingerprint density at radius 2 is 2.04 bits per heavy atom. The van der Waals surface area contributed by atoms with E-state index < -0.39 is 0 Å². The first kappa shape index (κ1) is 18.0. The Kier molecular flexibility index (Phi) is 5.58. The van der Waals surface area contributed by atoms with E-state index in [-0.39, 0.29) is 6.03 Å². The summed E-state index contributed by atoms with van der Waals surface area (Å²) in [6, 6.07) is 13.0. The number of amides is 2. The molecule has 0 spiro atoms. The fourth-order valence-corrected chi connectivity index (χ4v) is 3.08. The fourth-order valence-electron chi connectivity index (χ4n) is 2.71. The molecule has 26 heavy (non-hydrogen) atoms. The number of halogens is 1. The third-order valence-electron chi connectivity index (χ3n) is 3.90. The largest absolute Gasteiger partial charge is 0.492 e. The van der Waals surface area contributed by atoms with Gasteiger partial charge in [0.05, 0.1) is 22.8 Å². The smallest absolute Gasteiger partial charge is 0.319 e. The molecule has 1 aromatic heterocycles. The molecule has 0 aliphatic rings. The molecule has 0 radical (unpaired) electrons. The van der Waals surface area contributed by atoms with Crippen LogP contribution in [0.3, 0.4) is 0 Å². The molecule has 1 heterocycles. The number of nitrogens with zero attached hydrogens (tertiary/aromatic N) is 1. The van der Waals surface area contributed by atoms with Gasteiger partial charge in [-0.3, -0.25) is 4.98 Å². The summed E-state index contributed by atoms with van der Waals surface area (Å²) < 4.78 is 5.68. The molecule has 3 aromatic rings. The number of aryl methyl sites for hydroxylation is 2. The van der Waals surface area contributed by atoms with Gasteiger partial charge in [0.25, 0.3) is 0 Å². The van der Waals surface area contributed by atoms with Gasteiger partial charge in [-0.2, -0.15) is 0 Å². The van der Waals surface area contributed by atoms with E-state index in [0.29, 0.717) is 23.9 Å². The molecule has 0 bridgehead atoms. The van der Waals surface area contributed by atoms with Gasteiger partial charge in [-0.05, 0) is 55.3 Å². The first-order chi connectivity index (χ1) is 12.5. The quantitative estimate of drug-likeness (QED) is 0.640. The van der Waals surface area contributed by atoms with Crippen LogP contribution in [0.15, 0.2) is 48.7 Å². The van der Waals surface area contributed by atoms with Crippen LogP contribution in [-0.4, -0.2) is 24.2 Å². The van der Waals surface area contributed by atoms with Crippen LogP contribution in [0, 0.1) is 13.8 Å². The summed E-state index contributed by atoms with van der Waals surface area (Å²) in [6.07, 6.45) is 1.76. The maximum atomic E-state index is 12.0. The average molecular weight is 370 g/mol. The lowest BCUT2D eigenvalue weighted by Crippen LogP contribution is -2.32. The third kappa shape index (κ3) is 4.43. The maximum absolute atomic E-state index is 12.0. The van der Waals surface area contributed by atoms with Crippen LogP contribution in [0.25, 0.3) is 10.9 Å². The Hall–Kier alpha value is -2.79. The van der Waals surface area contributed by atoms with Crippen LogP contribution in [0.1, 0.15) is 11.1 Å². The number of benzene rings is 2. The second-order valence-corrected chi connectivity index (χ2v) is 6.43. The van der Waals surface area contributed by atoms with E-state index in [0.717, 1.165) is 27.8 Å². The zero-order valence-corrected chi connectivity index (χ0v) is 15.4. The van der Waals surface area contributed by atoms with Crippen molar-refractivity contribution in [1.82, 2.24) is 10.3 Å². The summed E-state index contributed by atoms with van der Waals surface area (Å²) in [7, 11) is 0. The predicted molar refractivity (Wildman–Crippen MR) is 105 cm³/mol. The second-order valence-electron chi connectivity index (χ2n) is 6.03. The van der Waals surface area contributed by atoms with Crippen molar-refractivity contribution in [2.45, 2.75) is 13.8 Å². The first-order valence-electron chi connectivity index (χ1n) is 8.32. The summed E-state index contributed by atoms with van der Waals surface area (Å²) in [6.45, 7) is 4.61. The summed E-state index contributed by atoms with van der Waals surface area (Å²) >= 11 is 6.20. The van der Waals surface area contributed by atoms with Gasteiger partial charge in [-0.1, -0.05) is 23.7 Å². The number of nitrogens with one attached hydrogen (secondary N) is 2. The zero-order valence-electron chi connectivity index (χ0n) is 14.7. The lowest BCUT2D eigenvalue weighted by Gasteiger charge is -2.13. The van der Waals surface area contributed by atoms with Crippen molar-refractivity contribution >= 4 is 34.2 Å². The van der Waals surface area contributed by atoms with Crippen LogP contribution < -0.4 is 15.4 Å². The van der Waals surface area contributed by atoms with Gasteiger partial charge in [-0.15, -0.1) is 0 Å². The molecule has 2 aromatic carbocycles. The van der Waals surface area contributed by atoms with Gasteiger partial charge >= 0.3 is 6.03 Å². The number of fused-ring (bicyclic) bond motifs is 1. The van der Waals surface area contributed by atoms with Crippen molar-refractivity contribution in [1.29, 1.82) is 0 Å². The van der Waals surface area contributed by atoms with E-state index in [2.05, 4.69) is 15.6 Å². The highest BCUT2D eigenvalue weighted by molar-refractivity contribution is 6.34. The molecule has 2 amide bonds. The Bertz CT molecular complexity index is 920. The number of rotatable bonds is 5. The number of carbonyl (C=O) groups excluding carboxylic acids is 1. The normalized spacial score (nSPS) is 10.6. The third-order valence-corrected chi connectivity index (χ3v) is 4.20. The number of pyridine rings is 1. The molecule has 0 atom stereocenters. The lowest BCUT2D eigenvalue weighted by molar-refractivity contribution is 0.247. The molecular weight excluding hydrogens is 350 g/mol.